The third kappa shape index (κ3) is 1.81. The van der Waals surface area contributed by atoms with E-state index in [4.69, 9.17) is 5.73 Å². The summed E-state index contributed by atoms with van der Waals surface area (Å²) in [6, 6.07) is 0.257. The quantitative estimate of drug-likeness (QED) is 0.507. The Kier molecular flexibility index (Phi) is 2.87. The Morgan fingerprint density at radius 2 is 2.20 bits per heavy atom. The average Bonchev–Trinajstić information content (AvgIpc) is 2.13. The van der Waals surface area contributed by atoms with Gasteiger partial charge in [0.15, 0.2) is 0 Å². The minimum Gasteiger partial charge on any atom is -0.323 e. The Labute approximate surface area is 62.5 Å². The van der Waals surface area contributed by atoms with Crippen LogP contribution in [-0.4, -0.2) is 18.8 Å². The monoisotopic (exact) mass is 140 g/mol. The average molecular weight is 140 g/mol. The van der Waals surface area contributed by atoms with Crippen LogP contribution in [0.4, 0.5) is 0 Å². The summed E-state index contributed by atoms with van der Waals surface area (Å²) < 4.78 is 0. The van der Waals surface area contributed by atoms with Crippen LogP contribution in [0, 0.1) is 0 Å². The topological polar surface area (TPSA) is 38.4 Å². The molecule has 58 valence electrons. The highest BCUT2D eigenvalue weighted by Gasteiger charge is 2.12. The molecule has 0 radical (unpaired) electrons. The standard InChI is InChI=1S/C8H16N2/c1-10-8-6-4-2-3-5-7(8)9/h7H,2-6,9H2,1H3/b10-8-. The molecule has 1 unspecified atom stereocenters. The Balaban J connectivity index is 2.52. The van der Waals surface area contributed by atoms with Crippen molar-refractivity contribution in [1.29, 1.82) is 0 Å². The molecule has 0 aromatic heterocycles. The summed E-state index contributed by atoms with van der Waals surface area (Å²) in [4.78, 5) is 4.18. The van der Waals surface area contributed by atoms with Gasteiger partial charge in [0.2, 0.25) is 0 Å². The lowest BCUT2D eigenvalue weighted by molar-refractivity contribution is 0.666. The molecule has 2 N–H and O–H groups in total. The van der Waals surface area contributed by atoms with Gasteiger partial charge in [0.1, 0.15) is 0 Å². The number of nitrogens with zero attached hydrogens (tertiary/aromatic N) is 1. The van der Waals surface area contributed by atoms with Crippen LogP contribution in [0.1, 0.15) is 32.1 Å². The largest absolute Gasteiger partial charge is 0.323 e. The van der Waals surface area contributed by atoms with E-state index in [0.717, 1.165) is 12.8 Å². The van der Waals surface area contributed by atoms with E-state index in [9.17, 15) is 0 Å². The maximum absolute atomic E-state index is 5.86. The molecule has 0 aliphatic heterocycles. The van der Waals surface area contributed by atoms with Crippen LogP contribution in [0.25, 0.3) is 0 Å². The first-order valence-corrected chi connectivity index (χ1v) is 4.05. The van der Waals surface area contributed by atoms with Crippen LogP contribution in [0.2, 0.25) is 0 Å². The fourth-order valence-corrected chi connectivity index (χ4v) is 1.48. The van der Waals surface area contributed by atoms with E-state index in [1.807, 2.05) is 7.05 Å². The van der Waals surface area contributed by atoms with Gasteiger partial charge in [-0.05, 0) is 19.3 Å². The van der Waals surface area contributed by atoms with E-state index in [1.165, 1.54) is 25.0 Å². The smallest absolute Gasteiger partial charge is 0.0425 e. The Morgan fingerprint density at radius 3 is 2.90 bits per heavy atom. The summed E-state index contributed by atoms with van der Waals surface area (Å²) in [5.74, 6) is 0. The maximum Gasteiger partial charge on any atom is 0.0425 e. The first-order valence-electron chi connectivity index (χ1n) is 4.05. The van der Waals surface area contributed by atoms with Crippen LogP contribution >= 0.6 is 0 Å². The van der Waals surface area contributed by atoms with Crippen molar-refractivity contribution in [3.63, 3.8) is 0 Å². The number of nitrogens with two attached hydrogens (primary N) is 1. The molecule has 1 atom stereocenters. The van der Waals surface area contributed by atoms with E-state index < -0.39 is 0 Å². The lowest BCUT2D eigenvalue weighted by atomic mass is 10.1. The van der Waals surface area contributed by atoms with Crippen molar-refractivity contribution in [3.8, 4) is 0 Å². The highest BCUT2D eigenvalue weighted by Crippen LogP contribution is 2.13. The van der Waals surface area contributed by atoms with E-state index in [1.54, 1.807) is 0 Å². The molecule has 0 heterocycles. The normalized spacial score (nSPS) is 32.2. The summed E-state index contributed by atoms with van der Waals surface area (Å²) in [6.45, 7) is 0. The molecule has 1 aliphatic rings. The molecule has 1 aliphatic carbocycles. The van der Waals surface area contributed by atoms with E-state index in [0.29, 0.717) is 0 Å². The molecule has 0 saturated heterocycles. The van der Waals surface area contributed by atoms with Gasteiger partial charge < -0.3 is 5.73 Å². The van der Waals surface area contributed by atoms with Gasteiger partial charge in [0, 0.05) is 18.8 Å². The summed E-state index contributed by atoms with van der Waals surface area (Å²) in [6.07, 6.45) is 6.14. The van der Waals surface area contributed by atoms with E-state index in [-0.39, 0.29) is 6.04 Å². The number of hydrogen-bond donors (Lipinski definition) is 1. The second-order valence-corrected chi connectivity index (χ2v) is 2.92. The van der Waals surface area contributed by atoms with Gasteiger partial charge in [-0.1, -0.05) is 12.8 Å². The number of rotatable bonds is 0. The molecule has 1 rings (SSSR count). The van der Waals surface area contributed by atoms with Crippen molar-refractivity contribution < 1.29 is 0 Å². The van der Waals surface area contributed by atoms with Crippen molar-refractivity contribution >= 4 is 5.71 Å². The third-order valence-corrected chi connectivity index (χ3v) is 2.16. The van der Waals surface area contributed by atoms with Gasteiger partial charge in [-0.25, -0.2) is 0 Å². The van der Waals surface area contributed by atoms with Gasteiger partial charge in [-0.3, -0.25) is 4.99 Å². The summed E-state index contributed by atoms with van der Waals surface area (Å²) in [7, 11) is 1.85. The minimum absolute atomic E-state index is 0.257. The molecule has 10 heavy (non-hydrogen) atoms. The van der Waals surface area contributed by atoms with Crippen molar-refractivity contribution in [1.82, 2.24) is 0 Å². The zero-order valence-corrected chi connectivity index (χ0v) is 6.64. The Hall–Kier alpha value is -0.370. The van der Waals surface area contributed by atoms with E-state index >= 15 is 0 Å². The SMILES string of the molecule is C/N=C1/CCCCCC1N. The Bertz CT molecular complexity index is 129. The first-order chi connectivity index (χ1) is 4.84. The molecule has 1 fully saturated rings. The highest BCUT2D eigenvalue weighted by molar-refractivity contribution is 5.89. The third-order valence-electron chi connectivity index (χ3n) is 2.16. The van der Waals surface area contributed by atoms with Gasteiger partial charge in [0.25, 0.3) is 0 Å². The zero-order valence-electron chi connectivity index (χ0n) is 6.64. The first kappa shape index (κ1) is 7.73. The maximum atomic E-state index is 5.86. The summed E-state index contributed by atoms with van der Waals surface area (Å²) in [5, 5.41) is 0. The molecule has 0 bridgehead atoms. The van der Waals surface area contributed by atoms with Gasteiger partial charge in [-0.15, -0.1) is 0 Å². The fourth-order valence-electron chi connectivity index (χ4n) is 1.48. The second-order valence-electron chi connectivity index (χ2n) is 2.92. The van der Waals surface area contributed by atoms with Crippen LogP contribution in [0.15, 0.2) is 4.99 Å². The molecule has 1 saturated carbocycles. The van der Waals surface area contributed by atoms with Crippen molar-refractivity contribution in [2.24, 2.45) is 10.7 Å². The van der Waals surface area contributed by atoms with Crippen LogP contribution in [-0.2, 0) is 0 Å². The lowest BCUT2D eigenvalue weighted by Crippen LogP contribution is -2.28. The molecule has 2 nitrogen and oxygen atoms in total. The van der Waals surface area contributed by atoms with Crippen LogP contribution in [0.3, 0.4) is 0 Å². The molecule has 0 aromatic rings. The fraction of sp³-hybridized carbons (Fsp3) is 0.875. The number of aliphatic imine (C=N–C) groups is 1. The number of hydrogen-bond acceptors (Lipinski definition) is 2. The van der Waals surface area contributed by atoms with Crippen LogP contribution < -0.4 is 5.73 Å². The molecule has 2 heteroatoms. The van der Waals surface area contributed by atoms with Crippen molar-refractivity contribution in [2.45, 2.75) is 38.1 Å². The van der Waals surface area contributed by atoms with E-state index in [2.05, 4.69) is 4.99 Å². The van der Waals surface area contributed by atoms with Crippen molar-refractivity contribution in [2.75, 3.05) is 7.05 Å². The molecule has 0 amide bonds. The summed E-state index contributed by atoms with van der Waals surface area (Å²) >= 11 is 0. The Morgan fingerprint density at radius 1 is 1.40 bits per heavy atom. The predicted molar refractivity (Wildman–Crippen MR) is 44.4 cm³/mol. The van der Waals surface area contributed by atoms with Gasteiger partial charge in [0.05, 0.1) is 0 Å². The summed E-state index contributed by atoms with van der Waals surface area (Å²) in [5.41, 5.74) is 7.08. The zero-order chi connectivity index (χ0) is 7.40. The highest BCUT2D eigenvalue weighted by atomic mass is 14.8. The van der Waals surface area contributed by atoms with Gasteiger partial charge in [-0.2, -0.15) is 0 Å². The molecule has 0 spiro atoms. The molecule has 0 aromatic carbocycles. The van der Waals surface area contributed by atoms with Crippen molar-refractivity contribution in [3.05, 3.63) is 0 Å². The van der Waals surface area contributed by atoms with Gasteiger partial charge >= 0.3 is 0 Å². The lowest BCUT2D eigenvalue weighted by Gasteiger charge is -2.08. The van der Waals surface area contributed by atoms with Crippen LogP contribution in [0.5, 0.6) is 0 Å². The molecular formula is C8H16N2. The predicted octanol–water partition coefficient (Wildman–Crippen LogP) is 1.35. The minimum atomic E-state index is 0.257. The molecular weight excluding hydrogens is 124 g/mol. The second kappa shape index (κ2) is 3.71.